The normalized spacial score (nSPS) is 23.5. The van der Waals surface area contributed by atoms with Gasteiger partial charge in [-0.15, -0.1) is 0 Å². The van der Waals surface area contributed by atoms with Crippen LogP contribution in [0.3, 0.4) is 0 Å². The molecule has 3 heteroatoms. The quantitative estimate of drug-likeness (QED) is 0.832. The van der Waals surface area contributed by atoms with Crippen molar-refractivity contribution in [3.63, 3.8) is 0 Å². The van der Waals surface area contributed by atoms with Crippen LogP contribution in [0.25, 0.3) is 0 Å². The van der Waals surface area contributed by atoms with Crippen LogP contribution in [0.4, 0.5) is 5.82 Å². The Morgan fingerprint density at radius 3 is 2.59 bits per heavy atom. The summed E-state index contributed by atoms with van der Waals surface area (Å²) in [6.07, 6.45) is 8.78. The van der Waals surface area contributed by atoms with Gasteiger partial charge in [-0.2, -0.15) is 0 Å². The van der Waals surface area contributed by atoms with Gasteiger partial charge in [0, 0.05) is 31.9 Å². The maximum absolute atomic E-state index is 4.82. The predicted octanol–water partition coefficient (Wildman–Crippen LogP) is 4.17. The lowest BCUT2D eigenvalue weighted by Gasteiger charge is -2.30. The summed E-state index contributed by atoms with van der Waals surface area (Å²) < 4.78 is 0. The van der Waals surface area contributed by atoms with Crippen molar-refractivity contribution < 1.29 is 0 Å². The Kier molecular flexibility index (Phi) is 5.02. The fourth-order valence-corrected chi connectivity index (χ4v) is 4.06. The van der Waals surface area contributed by atoms with Gasteiger partial charge in [-0.25, -0.2) is 4.98 Å². The Morgan fingerprint density at radius 2 is 1.91 bits per heavy atom. The number of piperidine rings is 1. The highest BCUT2D eigenvalue weighted by atomic mass is 15.2. The third-order valence-corrected chi connectivity index (χ3v) is 5.14. The number of aromatic nitrogens is 1. The highest BCUT2D eigenvalue weighted by Crippen LogP contribution is 2.34. The molecule has 0 aliphatic carbocycles. The zero-order valence-corrected chi connectivity index (χ0v) is 14.5. The molecule has 0 saturated carbocycles. The maximum atomic E-state index is 4.82. The van der Waals surface area contributed by atoms with E-state index in [9.17, 15) is 0 Å². The maximum Gasteiger partial charge on any atom is 0.128 e. The molecule has 3 rings (SSSR count). The fraction of sp³-hybridized carbons (Fsp3) is 0.737. The lowest BCUT2D eigenvalue weighted by molar-refractivity contribution is 0.228. The molecule has 2 fully saturated rings. The molecule has 0 N–H and O–H groups in total. The smallest absolute Gasteiger partial charge is 0.128 e. The average molecular weight is 301 g/mol. The molecule has 122 valence electrons. The molecule has 1 atom stereocenters. The molecule has 2 aliphatic rings. The van der Waals surface area contributed by atoms with Crippen LogP contribution >= 0.6 is 0 Å². The largest absolute Gasteiger partial charge is 0.357 e. The Balaban J connectivity index is 1.76. The van der Waals surface area contributed by atoms with E-state index in [1.54, 1.807) is 0 Å². The number of likely N-dealkylation sites (tertiary alicyclic amines) is 1. The van der Waals surface area contributed by atoms with Crippen LogP contribution in [0.15, 0.2) is 12.3 Å². The standard InChI is InChI=1S/C19H31N3/c1-15(2)14-22-11-7-8-18(22)17-13-20-19(12-16(17)3)21-9-5-4-6-10-21/h12-13,15,18H,4-11,14H2,1-3H3. The average Bonchev–Trinajstić information content (AvgIpc) is 2.95. The molecule has 2 saturated heterocycles. The Labute approximate surface area is 135 Å². The summed E-state index contributed by atoms with van der Waals surface area (Å²) >= 11 is 0. The SMILES string of the molecule is Cc1cc(N2CCCCC2)ncc1C1CCCN1CC(C)C. The molecule has 3 nitrogen and oxygen atoms in total. The summed E-state index contributed by atoms with van der Waals surface area (Å²) in [5.74, 6) is 1.93. The summed E-state index contributed by atoms with van der Waals surface area (Å²) in [7, 11) is 0. The van der Waals surface area contributed by atoms with Crippen LogP contribution in [0, 0.1) is 12.8 Å². The number of hydrogen-bond donors (Lipinski definition) is 0. The molecule has 0 aromatic carbocycles. The monoisotopic (exact) mass is 301 g/mol. The molecule has 1 aromatic rings. The van der Waals surface area contributed by atoms with Crippen molar-refractivity contribution in [3.05, 3.63) is 23.4 Å². The first-order chi connectivity index (χ1) is 10.6. The molecular formula is C19H31N3. The molecule has 1 unspecified atom stereocenters. The number of nitrogens with zero attached hydrogens (tertiary/aromatic N) is 3. The van der Waals surface area contributed by atoms with Gasteiger partial charge in [-0.05, 0) is 68.7 Å². The predicted molar refractivity (Wildman–Crippen MR) is 93.4 cm³/mol. The molecule has 0 amide bonds. The van der Waals surface area contributed by atoms with E-state index >= 15 is 0 Å². The molecule has 1 aromatic heterocycles. The minimum Gasteiger partial charge on any atom is -0.357 e. The van der Waals surface area contributed by atoms with E-state index in [2.05, 4.69) is 42.8 Å². The molecule has 0 radical (unpaired) electrons. The van der Waals surface area contributed by atoms with Gasteiger partial charge in [-0.3, -0.25) is 4.90 Å². The number of hydrogen-bond acceptors (Lipinski definition) is 3. The molecule has 22 heavy (non-hydrogen) atoms. The Hall–Kier alpha value is -1.09. The van der Waals surface area contributed by atoms with E-state index in [0.29, 0.717) is 6.04 Å². The Bertz CT molecular complexity index is 491. The zero-order chi connectivity index (χ0) is 15.5. The lowest BCUT2D eigenvalue weighted by Crippen LogP contribution is -2.31. The van der Waals surface area contributed by atoms with Crippen molar-refractivity contribution in [1.29, 1.82) is 0 Å². The van der Waals surface area contributed by atoms with Crippen molar-refractivity contribution in [1.82, 2.24) is 9.88 Å². The van der Waals surface area contributed by atoms with Crippen LogP contribution in [0.2, 0.25) is 0 Å². The van der Waals surface area contributed by atoms with E-state index in [1.807, 2.05) is 0 Å². The fourth-order valence-electron chi connectivity index (χ4n) is 4.06. The van der Waals surface area contributed by atoms with Gasteiger partial charge in [-0.1, -0.05) is 13.8 Å². The highest BCUT2D eigenvalue weighted by Gasteiger charge is 2.28. The summed E-state index contributed by atoms with van der Waals surface area (Å²) in [4.78, 5) is 9.94. The van der Waals surface area contributed by atoms with Gasteiger partial charge in [0.15, 0.2) is 0 Å². The van der Waals surface area contributed by atoms with E-state index < -0.39 is 0 Å². The van der Waals surface area contributed by atoms with Crippen LogP contribution < -0.4 is 4.90 Å². The van der Waals surface area contributed by atoms with E-state index in [1.165, 1.54) is 75.2 Å². The second-order valence-corrected chi connectivity index (χ2v) is 7.49. The summed E-state index contributed by atoms with van der Waals surface area (Å²) in [5.41, 5.74) is 2.88. The first-order valence-electron chi connectivity index (χ1n) is 9.10. The number of rotatable bonds is 4. The van der Waals surface area contributed by atoms with Crippen molar-refractivity contribution in [2.45, 2.75) is 58.9 Å². The molecule has 3 heterocycles. The summed E-state index contributed by atoms with van der Waals surface area (Å²) in [5, 5.41) is 0. The molecular weight excluding hydrogens is 270 g/mol. The van der Waals surface area contributed by atoms with Crippen LogP contribution in [-0.4, -0.2) is 36.1 Å². The Morgan fingerprint density at radius 1 is 1.14 bits per heavy atom. The second-order valence-electron chi connectivity index (χ2n) is 7.49. The van der Waals surface area contributed by atoms with E-state index in [-0.39, 0.29) is 0 Å². The summed E-state index contributed by atoms with van der Waals surface area (Å²) in [6.45, 7) is 11.7. The van der Waals surface area contributed by atoms with Crippen molar-refractivity contribution in [3.8, 4) is 0 Å². The minimum absolute atomic E-state index is 0.588. The van der Waals surface area contributed by atoms with Gasteiger partial charge in [0.25, 0.3) is 0 Å². The van der Waals surface area contributed by atoms with E-state index in [4.69, 9.17) is 4.98 Å². The van der Waals surface area contributed by atoms with E-state index in [0.717, 1.165) is 5.92 Å². The highest BCUT2D eigenvalue weighted by molar-refractivity contribution is 5.44. The summed E-state index contributed by atoms with van der Waals surface area (Å²) in [6, 6.07) is 2.91. The van der Waals surface area contributed by atoms with Crippen LogP contribution in [0.1, 0.15) is 63.1 Å². The minimum atomic E-state index is 0.588. The van der Waals surface area contributed by atoms with Gasteiger partial charge < -0.3 is 4.90 Å². The molecule has 0 bridgehead atoms. The van der Waals surface area contributed by atoms with Crippen molar-refractivity contribution >= 4 is 5.82 Å². The third kappa shape index (κ3) is 3.45. The van der Waals surface area contributed by atoms with Gasteiger partial charge in [0.05, 0.1) is 0 Å². The number of aryl methyl sites for hydroxylation is 1. The number of anilines is 1. The topological polar surface area (TPSA) is 19.4 Å². The second kappa shape index (κ2) is 6.99. The van der Waals surface area contributed by atoms with Crippen molar-refractivity contribution in [2.75, 3.05) is 31.1 Å². The molecule has 0 spiro atoms. The lowest BCUT2D eigenvalue weighted by atomic mass is 10.0. The van der Waals surface area contributed by atoms with Gasteiger partial charge in [0.2, 0.25) is 0 Å². The van der Waals surface area contributed by atoms with Gasteiger partial charge in [0.1, 0.15) is 5.82 Å². The van der Waals surface area contributed by atoms with Crippen molar-refractivity contribution in [2.24, 2.45) is 5.92 Å². The first-order valence-corrected chi connectivity index (χ1v) is 9.10. The first kappa shape index (κ1) is 15.8. The molecule has 2 aliphatic heterocycles. The zero-order valence-electron chi connectivity index (χ0n) is 14.5. The van der Waals surface area contributed by atoms with Crippen LogP contribution in [0.5, 0.6) is 0 Å². The van der Waals surface area contributed by atoms with Gasteiger partial charge >= 0.3 is 0 Å². The number of pyridine rings is 1. The third-order valence-electron chi connectivity index (χ3n) is 5.14. The van der Waals surface area contributed by atoms with Crippen LogP contribution in [-0.2, 0) is 0 Å².